The summed E-state index contributed by atoms with van der Waals surface area (Å²) in [5, 5.41) is 9.44. The Morgan fingerprint density at radius 2 is 1.65 bits per heavy atom. The third-order valence-corrected chi connectivity index (χ3v) is 3.31. The van der Waals surface area contributed by atoms with Crippen molar-refractivity contribution in [3.05, 3.63) is 51.6 Å². The molecule has 0 heterocycles. The van der Waals surface area contributed by atoms with Crippen LogP contribution in [0, 0.1) is 3.57 Å². The molecule has 0 fully saturated rings. The lowest BCUT2D eigenvalue weighted by Crippen LogP contribution is -2.10. The molecule has 2 aromatic carbocycles. The van der Waals surface area contributed by atoms with Crippen molar-refractivity contribution in [1.29, 1.82) is 0 Å². The van der Waals surface area contributed by atoms with Crippen molar-refractivity contribution in [3.8, 4) is 16.9 Å². The molecule has 0 bridgehead atoms. The van der Waals surface area contributed by atoms with Gasteiger partial charge in [0.15, 0.2) is 0 Å². The van der Waals surface area contributed by atoms with Crippen LogP contribution >= 0.6 is 22.6 Å². The number of nitrogens with two attached hydrogens (primary N) is 1. The van der Waals surface area contributed by atoms with Crippen LogP contribution in [-0.2, 0) is 0 Å². The van der Waals surface area contributed by atoms with Gasteiger partial charge in [-0.3, -0.25) is 4.79 Å². The molecule has 0 aliphatic heterocycles. The minimum absolute atomic E-state index is 0.267. The van der Waals surface area contributed by atoms with E-state index in [4.69, 9.17) is 5.73 Å². The second-order valence-corrected chi connectivity index (χ2v) is 4.77. The first-order valence-corrected chi connectivity index (χ1v) is 6.04. The van der Waals surface area contributed by atoms with Crippen LogP contribution < -0.4 is 5.73 Å². The van der Waals surface area contributed by atoms with E-state index >= 15 is 0 Å². The zero-order valence-corrected chi connectivity index (χ0v) is 11.0. The maximum atomic E-state index is 10.9. The molecule has 4 heteroatoms. The Morgan fingerprint density at radius 3 is 2.18 bits per heavy atom. The molecule has 0 saturated heterocycles. The number of phenolic OH excluding ortho intramolecular Hbond substituents is 1. The summed E-state index contributed by atoms with van der Waals surface area (Å²) in [7, 11) is 0. The molecule has 3 nitrogen and oxygen atoms in total. The van der Waals surface area contributed by atoms with Crippen molar-refractivity contribution in [2.75, 3.05) is 0 Å². The summed E-state index contributed by atoms with van der Waals surface area (Å²) in [6.07, 6.45) is 0. The summed E-state index contributed by atoms with van der Waals surface area (Å²) >= 11 is 2.07. The van der Waals surface area contributed by atoms with Crippen molar-refractivity contribution >= 4 is 28.5 Å². The summed E-state index contributed by atoms with van der Waals surface area (Å²) in [5.74, 6) is -0.167. The highest BCUT2D eigenvalue weighted by molar-refractivity contribution is 14.1. The number of hydrogen-bond donors (Lipinski definition) is 2. The molecule has 1 amide bonds. The normalized spacial score (nSPS) is 10.2. The Balaban J connectivity index is 2.39. The van der Waals surface area contributed by atoms with Crippen LogP contribution in [0.4, 0.5) is 0 Å². The van der Waals surface area contributed by atoms with E-state index in [9.17, 15) is 9.90 Å². The molecule has 0 unspecified atom stereocenters. The highest BCUT2D eigenvalue weighted by atomic mass is 127. The van der Waals surface area contributed by atoms with Crippen molar-refractivity contribution in [2.24, 2.45) is 5.73 Å². The molecule has 2 rings (SSSR count). The van der Waals surface area contributed by atoms with E-state index in [0.29, 0.717) is 5.56 Å². The highest BCUT2D eigenvalue weighted by Crippen LogP contribution is 2.27. The lowest BCUT2D eigenvalue weighted by atomic mass is 10.0. The zero-order valence-electron chi connectivity index (χ0n) is 8.85. The lowest BCUT2D eigenvalue weighted by molar-refractivity contribution is 0.100. The van der Waals surface area contributed by atoms with Gasteiger partial charge in [-0.05, 0) is 58.0 Å². The van der Waals surface area contributed by atoms with Gasteiger partial charge in [-0.25, -0.2) is 0 Å². The predicted molar refractivity (Wildman–Crippen MR) is 74.8 cm³/mol. The van der Waals surface area contributed by atoms with E-state index in [2.05, 4.69) is 22.6 Å². The number of benzene rings is 2. The molecule has 0 radical (unpaired) electrons. The van der Waals surface area contributed by atoms with Crippen LogP contribution in [0.1, 0.15) is 10.4 Å². The fourth-order valence-electron chi connectivity index (χ4n) is 1.51. The van der Waals surface area contributed by atoms with Crippen LogP contribution in [-0.4, -0.2) is 11.0 Å². The number of rotatable bonds is 2. The number of amides is 1. The minimum atomic E-state index is -0.433. The second kappa shape index (κ2) is 4.75. The quantitative estimate of drug-likeness (QED) is 0.827. The van der Waals surface area contributed by atoms with Crippen molar-refractivity contribution in [3.63, 3.8) is 0 Å². The molecule has 3 N–H and O–H groups in total. The fraction of sp³-hybridized carbons (Fsp3) is 0. The molecule has 0 atom stereocenters. The third-order valence-electron chi connectivity index (χ3n) is 2.45. The molecule has 0 aliphatic carbocycles. The van der Waals surface area contributed by atoms with Gasteiger partial charge in [-0.1, -0.05) is 18.2 Å². The van der Waals surface area contributed by atoms with Crippen LogP contribution in [0.3, 0.4) is 0 Å². The second-order valence-electron chi connectivity index (χ2n) is 3.61. The monoisotopic (exact) mass is 339 g/mol. The lowest BCUT2D eigenvalue weighted by Gasteiger charge is -2.04. The van der Waals surface area contributed by atoms with Crippen LogP contribution in [0.15, 0.2) is 42.5 Å². The highest BCUT2D eigenvalue weighted by Gasteiger charge is 2.04. The first-order valence-electron chi connectivity index (χ1n) is 4.96. The van der Waals surface area contributed by atoms with E-state index < -0.39 is 5.91 Å². The van der Waals surface area contributed by atoms with Crippen LogP contribution in [0.25, 0.3) is 11.1 Å². The molecule has 0 aliphatic rings. The summed E-state index contributed by atoms with van der Waals surface area (Å²) in [6, 6.07) is 12.4. The zero-order chi connectivity index (χ0) is 12.4. The van der Waals surface area contributed by atoms with Gasteiger partial charge >= 0.3 is 0 Å². The number of carbonyl (C=O) groups excluding carboxylic acids is 1. The number of hydrogen-bond acceptors (Lipinski definition) is 2. The van der Waals surface area contributed by atoms with E-state index in [-0.39, 0.29) is 5.75 Å². The van der Waals surface area contributed by atoms with Crippen molar-refractivity contribution < 1.29 is 9.90 Å². The number of aromatic hydroxyl groups is 1. The third kappa shape index (κ3) is 2.58. The molecule has 0 aromatic heterocycles. The van der Waals surface area contributed by atoms with Crippen LogP contribution in [0.2, 0.25) is 0 Å². The van der Waals surface area contributed by atoms with Gasteiger partial charge in [-0.15, -0.1) is 0 Å². The molecular formula is C13H10INO2. The van der Waals surface area contributed by atoms with Crippen molar-refractivity contribution in [2.45, 2.75) is 0 Å². The minimum Gasteiger partial charge on any atom is -0.507 e. The number of primary amides is 1. The van der Waals surface area contributed by atoms with Gasteiger partial charge in [0.1, 0.15) is 5.75 Å². The first-order chi connectivity index (χ1) is 8.08. The van der Waals surface area contributed by atoms with E-state index in [0.717, 1.165) is 14.7 Å². The standard InChI is InChI=1S/C13H10INO2/c14-11-7-10(5-6-12(11)16)8-1-3-9(4-2-8)13(15)17/h1-7,16H,(H2,15,17). The summed E-state index contributed by atoms with van der Waals surface area (Å²) < 4.78 is 0.791. The predicted octanol–water partition coefficient (Wildman–Crippen LogP) is 2.76. The molecule has 2 aromatic rings. The van der Waals surface area contributed by atoms with Gasteiger partial charge < -0.3 is 10.8 Å². The topological polar surface area (TPSA) is 63.3 Å². The average Bonchev–Trinajstić information content (AvgIpc) is 2.33. The molecule has 0 spiro atoms. The molecule has 17 heavy (non-hydrogen) atoms. The van der Waals surface area contributed by atoms with E-state index in [1.54, 1.807) is 18.2 Å². The Morgan fingerprint density at radius 1 is 1.06 bits per heavy atom. The van der Waals surface area contributed by atoms with Crippen LogP contribution in [0.5, 0.6) is 5.75 Å². The summed E-state index contributed by atoms with van der Waals surface area (Å²) in [4.78, 5) is 10.9. The maximum absolute atomic E-state index is 10.9. The van der Waals surface area contributed by atoms with Gasteiger partial charge in [0.05, 0.1) is 3.57 Å². The number of halogens is 1. The molecule has 86 valence electrons. The van der Waals surface area contributed by atoms with E-state index in [1.807, 2.05) is 24.3 Å². The average molecular weight is 339 g/mol. The van der Waals surface area contributed by atoms with Gasteiger partial charge in [0, 0.05) is 5.56 Å². The Hall–Kier alpha value is -1.56. The van der Waals surface area contributed by atoms with Gasteiger partial charge in [0.25, 0.3) is 0 Å². The smallest absolute Gasteiger partial charge is 0.248 e. The Bertz CT molecular complexity index is 564. The largest absolute Gasteiger partial charge is 0.507 e. The Labute approximate surface area is 112 Å². The Kier molecular flexibility index (Phi) is 3.33. The fourth-order valence-corrected chi connectivity index (χ4v) is 2.03. The van der Waals surface area contributed by atoms with E-state index in [1.165, 1.54) is 0 Å². The van der Waals surface area contributed by atoms with Gasteiger partial charge in [0.2, 0.25) is 5.91 Å². The number of phenols is 1. The van der Waals surface area contributed by atoms with Gasteiger partial charge in [-0.2, -0.15) is 0 Å². The molecular weight excluding hydrogens is 329 g/mol. The first kappa shape index (κ1) is 11.9. The number of carbonyl (C=O) groups is 1. The molecule has 0 saturated carbocycles. The SMILES string of the molecule is NC(=O)c1ccc(-c2ccc(O)c(I)c2)cc1. The van der Waals surface area contributed by atoms with Crippen molar-refractivity contribution in [1.82, 2.24) is 0 Å². The summed E-state index contributed by atoms with van der Waals surface area (Å²) in [6.45, 7) is 0. The summed E-state index contributed by atoms with van der Waals surface area (Å²) in [5.41, 5.74) is 7.63. The maximum Gasteiger partial charge on any atom is 0.248 e.